The predicted molar refractivity (Wildman–Crippen MR) is 104 cm³/mol. The molecule has 2 aromatic rings. The maximum atomic E-state index is 12.6. The van der Waals surface area contributed by atoms with Crippen molar-refractivity contribution < 1.29 is 14.3 Å². The summed E-state index contributed by atoms with van der Waals surface area (Å²) in [6.45, 7) is 7.26. The summed E-state index contributed by atoms with van der Waals surface area (Å²) >= 11 is 0. The zero-order valence-corrected chi connectivity index (χ0v) is 15.9. The summed E-state index contributed by atoms with van der Waals surface area (Å²) in [6.07, 6.45) is 1.06. The number of hydrogen-bond acceptors (Lipinski definition) is 4. The quantitative estimate of drug-likeness (QED) is 0.883. The molecule has 0 aliphatic carbocycles. The van der Waals surface area contributed by atoms with Gasteiger partial charge >= 0.3 is 0 Å². The van der Waals surface area contributed by atoms with Gasteiger partial charge in [-0.25, -0.2) is 0 Å². The average Bonchev–Trinajstić information content (AvgIpc) is 3.15. The lowest BCUT2D eigenvalue weighted by Crippen LogP contribution is -2.48. The van der Waals surface area contributed by atoms with Crippen molar-refractivity contribution in [1.82, 2.24) is 10.2 Å². The van der Waals surface area contributed by atoms with E-state index in [1.54, 1.807) is 18.2 Å². The molecule has 2 heterocycles. The minimum absolute atomic E-state index is 0.0728. The Morgan fingerprint density at radius 1 is 1.11 bits per heavy atom. The van der Waals surface area contributed by atoms with E-state index in [4.69, 9.17) is 9.47 Å². The van der Waals surface area contributed by atoms with E-state index in [1.165, 1.54) is 11.1 Å². The van der Waals surface area contributed by atoms with Crippen LogP contribution in [0.15, 0.2) is 42.5 Å². The van der Waals surface area contributed by atoms with Crippen LogP contribution in [0.5, 0.6) is 11.5 Å². The maximum absolute atomic E-state index is 12.6. The van der Waals surface area contributed by atoms with Crippen molar-refractivity contribution in [2.45, 2.75) is 32.9 Å². The van der Waals surface area contributed by atoms with E-state index in [0.29, 0.717) is 35.6 Å². The number of amides is 1. The molecule has 4 rings (SSSR count). The molecule has 0 saturated heterocycles. The summed E-state index contributed by atoms with van der Waals surface area (Å²) in [5.74, 6) is 1.71. The lowest BCUT2D eigenvalue weighted by Gasteiger charge is -2.38. The van der Waals surface area contributed by atoms with Crippen LogP contribution in [0.3, 0.4) is 0 Å². The first-order valence-corrected chi connectivity index (χ1v) is 9.60. The molecule has 2 aromatic carbocycles. The third-order valence-electron chi connectivity index (χ3n) is 5.51. The Morgan fingerprint density at radius 3 is 2.70 bits per heavy atom. The molecule has 5 heteroatoms. The maximum Gasteiger partial charge on any atom is 0.251 e. The van der Waals surface area contributed by atoms with Crippen LogP contribution in [0.4, 0.5) is 0 Å². The number of carbonyl (C=O) groups is 1. The predicted octanol–water partition coefficient (Wildman–Crippen LogP) is 3.23. The molecule has 1 atom stereocenters. The van der Waals surface area contributed by atoms with Crippen LogP contribution in [0.25, 0.3) is 0 Å². The topological polar surface area (TPSA) is 50.8 Å². The molecular weight excluding hydrogens is 340 g/mol. The van der Waals surface area contributed by atoms with Gasteiger partial charge in [-0.15, -0.1) is 0 Å². The number of nitrogens with one attached hydrogen (secondary N) is 1. The summed E-state index contributed by atoms with van der Waals surface area (Å²) in [6, 6.07) is 14.3. The molecule has 142 valence electrons. The van der Waals surface area contributed by atoms with Crippen LogP contribution in [-0.4, -0.2) is 36.7 Å². The van der Waals surface area contributed by atoms with Crippen LogP contribution in [0, 0.1) is 5.92 Å². The summed E-state index contributed by atoms with van der Waals surface area (Å²) in [5.41, 5.74) is 3.45. The molecule has 0 fully saturated rings. The van der Waals surface area contributed by atoms with Crippen molar-refractivity contribution in [3.63, 3.8) is 0 Å². The van der Waals surface area contributed by atoms with Crippen LogP contribution in [0.1, 0.15) is 35.3 Å². The van der Waals surface area contributed by atoms with Gasteiger partial charge in [-0.05, 0) is 41.7 Å². The molecule has 0 aromatic heterocycles. The Morgan fingerprint density at radius 2 is 1.89 bits per heavy atom. The lowest BCUT2D eigenvalue weighted by molar-refractivity contribution is 0.0903. The number of fused-ring (bicyclic) bond motifs is 2. The second-order valence-corrected chi connectivity index (χ2v) is 7.58. The molecule has 2 aliphatic heterocycles. The van der Waals surface area contributed by atoms with E-state index in [-0.39, 0.29) is 12.7 Å². The van der Waals surface area contributed by atoms with Crippen LogP contribution >= 0.6 is 0 Å². The van der Waals surface area contributed by atoms with Gasteiger partial charge in [0.25, 0.3) is 5.91 Å². The molecule has 27 heavy (non-hydrogen) atoms. The first-order valence-electron chi connectivity index (χ1n) is 9.60. The second kappa shape index (κ2) is 7.61. The number of carbonyl (C=O) groups excluding carboxylic acids is 1. The molecule has 0 spiro atoms. The highest BCUT2D eigenvalue weighted by Gasteiger charge is 2.26. The number of ether oxygens (including phenoxy) is 2. The third-order valence-corrected chi connectivity index (χ3v) is 5.51. The minimum atomic E-state index is -0.0728. The molecule has 1 amide bonds. The first-order chi connectivity index (χ1) is 13.1. The second-order valence-electron chi connectivity index (χ2n) is 7.58. The molecule has 0 bridgehead atoms. The van der Waals surface area contributed by atoms with Crippen LogP contribution in [0.2, 0.25) is 0 Å². The molecular formula is C22H26N2O3. The molecule has 0 saturated carbocycles. The zero-order chi connectivity index (χ0) is 18.8. The van der Waals surface area contributed by atoms with Gasteiger partial charge < -0.3 is 14.8 Å². The monoisotopic (exact) mass is 366 g/mol. The van der Waals surface area contributed by atoms with Gasteiger partial charge in [-0.3, -0.25) is 9.69 Å². The van der Waals surface area contributed by atoms with Gasteiger partial charge in [0, 0.05) is 31.2 Å². The third kappa shape index (κ3) is 3.78. The molecule has 5 nitrogen and oxygen atoms in total. The standard InChI is InChI=1S/C22H26N2O3/c1-15(2)19(24-10-9-16-5-3-4-6-18(16)13-24)12-23-22(25)17-7-8-20-21(11-17)27-14-26-20/h3-8,11,15,19H,9-10,12-14H2,1-2H3,(H,23,25)/t19-/m0/s1. The van der Waals surface area contributed by atoms with Gasteiger partial charge in [0.1, 0.15) is 0 Å². The zero-order valence-electron chi connectivity index (χ0n) is 15.9. The van der Waals surface area contributed by atoms with Crippen molar-refractivity contribution in [1.29, 1.82) is 0 Å². The van der Waals surface area contributed by atoms with Crippen molar-refractivity contribution in [3.05, 3.63) is 59.2 Å². The molecule has 0 unspecified atom stereocenters. The Hall–Kier alpha value is -2.53. The largest absolute Gasteiger partial charge is 0.454 e. The fraction of sp³-hybridized carbons (Fsp3) is 0.409. The molecule has 2 aliphatic rings. The Balaban J connectivity index is 1.41. The number of rotatable bonds is 5. The van der Waals surface area contributed by atoms with Gasteiger partial charge in [-0.1, -0.05) is 38.1 Å². The minimum Gasteiger partial charge on any atom is -0.454 e. The first kappa shape index (κ1) is 17.9. The van der Waals surface area contributed by atoms with Crippen LogP contribution < -0.4 is 14.8 Å². The van der Waals surface area contributed by atoms with E-state index in [2.05, 4.69) is 48.3 Å². The highest BCUT2D eigenvalue weighted by atomic mass is 16.7. The average molecular weight is 366 g/mol. The number of nitrogens with zero attached hydrogens (tertiary/aromatic N) is 1. The van der Waals surface area contributed by atoms with Crippen molar-refractivity contribution >= 4 is 5.91 Å². The Bertz CT molecular complexity index is 834. The number of benzene rings is 2. The van der Waals surface area contributed by atoms with Gasteiger partial charge in [0.2, 0.25) is 6.79 Å². The van der Waals surface area contributed by atoms with Crippen LogP contribution in [-0.2, 0) is 13.0 Å². The summed E-state index contributed by atoms with van der Waals surface area (Å²) < 4.78 is 10.7. The van der Waals surface area contributed by atoms with Crippen molar-refractivity contribution in [2.75, 3.05) is 19.9 Å². The highest BCUT2D eigenvalue weighted by Crippen LogP contribution is 2.32. The summed E-state index contributed by atoms with van der Waals surface area (Å²) in [5, 5.41) is 3.12. The van der Waals surface area contributed by atoms with E-state index >= 15 is 0 Å². The normalized spacial score (nSPS) is 16.9. The van der Waals surface area contributed by atoms with E-state index in [0.717, 1.165) is 19.5 Å². The highest BCUT2D eigenvalue weighted by molar-refractivity contribution is 5.94. The van der Waals surface area contributed by atoms with E-state index in [9.17, 15) is 4.79 Å². The van der Waals surface area contributed by atoms with Gasteiger partial charge in [0.15, 0.2) is 11.5 Å². The Kier molecular flexibility index (Phi) is 5.03. The fourth-order valence-electron chi connectivity index (χ4n) is 3.92. The lowest BCUT2D eigenvalue weighted by atomic mass is 9.95. The van der Waals surface area contributed by atoms with Gasteiger partial charge in [-0.2, -0.15) is 0 Å². The van der Waals surface area contributed by atoms with Crippen molar-refractivity contribution in [3.8, 4) is 11.5 Å². The molecule has 1 N–H and O–H groups in total. The summed E-state index contributed by atoms with van der Waals surface area (Å²) in [7, 11) is 0. The van der Waals surface area contributed by atoms with Gasteiger partial charge in [0.05, 0.1) is 0 Å². The fourth-order valence-corrected chi connectivity index (χ4v) is 3.92. The molecule has 0 radical (unpaired) electrons. The number of hydrogen-bond donors (Lipinski definition) is 1. The summed E-state index contributed by atoms with van der Waals surface area (Å²) in [4.78, 5) is 15.1. The Labute approximate surface area is 160 Å². The SMILES string of the molecule is CC(C)[C@H](CNC(=O)c1ccc2c(c1)OCO2)N1CCc2ccccc2C1. The van der Waals surface area contributed by atoms with E-state index < -0.39 is 0 Å². The van der Waals surface area contributed by atoms with E-state index in [1.807, 2.05) is 0 Å². The van der Waals surface area contributed by atoms with Crippen molar-refractivity contribution in [2.24, 2.45) is 5.92 Å². The smallest absolute Gasteiger partial charge is 0.251 e.